The van der Waals surface area contributed by atoms with E-state index in [2.05, 4.69) is 22.3 Å². The Morgan fingerprint density at radius 1 is 1.06 bits per heavy atom. The Morgan fingerprint density at radius 2 is 1.76 bits per heavy atom. The SMILES string of the molecule is CCOc1ccc(CN2CCN(C(=O)c3sc(NC(=O)c4ccccc4Cl)cc3C)CC2)cc1. The Labute approximate surface area is 209 Å². The first-order valence-corrected chi connectivity index (χ1v) is 12.5. The summed E-state index contributed by atoms with van der Waals surface area (Å²) in [5, 5.41) is 3.91. The number of aryl methyl sites for hydroxylation is 1. The summed E-state index contributed by atoms with van der Waals surface area (Å²) in [4.78, 5) is 30.7. The molecule has 2 aromatic carbocycles. The number of hydrogen-bond acceptors (Lipinski definition) is 5. The first-order valence-electron chi connectivity index (χ1n) is 11.3. The minimum Gasteiger partial charge on any atom is -0.494 e. The summed E-state index contributed by atoms with van der Waals surface area (Å²) in [6, 6.07) is 16.9. The first kappa shape index (κ1) is 24.3. The van der Waals surface area contributed by atoms with Gasteiger partial charge in [0.05, 0.1) is 27.1 Å². The molecular formula is C26H28ClN3O3S. The highest BCUT2D eigenvalue weighted by Crippen LogP contribution is 2.29. The lowest BCUT2D eigenvalue weighted by atomic mass is 10.2. The molecule has 1 N–H and O–H groups in total. The fourth-order valence-electron chi connectivity index (χ4n) is 3.95. The van der Waals surface area contributed by atoms with E-state index < -0.39 is 0 Å². The van der Waals surface area contributed by atoms with Gasteiger partial charge in [0.25, 0.3) is 11.8 Å². The second kappa shape index (κ2) is 11.0. The van der Waals surface area contributed by atoms with Crippen LogP contribution < -0.4 is 10.1 Å². The predicted molar refractivity (Wildman–Crippen MR) is 137 cm³/mol. The van der Waals surface area contributed by atoms with E-state index >= 15 is 0 Å². The Bertz CT molecular complexity index is 1150. The number of halogens is 1. The Balaban J connectivity index is 1.33. The van der Waals surface area contributed by atoms with Crippen molar-refractivity contribution in [3.63, 3.8) is 0 Å². The van der Waals surface area contributed by atoms with E-state index in [1.54, 1.807) is 24.3 Å². The normalized spacial score (nSPS) is 14.1. The van der Waals surface area contributed by atoms with Crippen molar-refractivity contribution >= 4 is 39.8 Å². The van der Waals surface area contributed by atoms with Gasteiger partial charge in [-0.05, 0) is 55.3 Å². The Kier molecular flexibility index (Phi) is 7.88. The molecule has 0 spiro atoms. The molecule has 1 aromatic heterocycles. The average Bonchev–Trinajstić information content (AvgIpc) is 3.20. The van der Waals surface area contributed by atoms with E-state index in [0.717, 1.165) is 30.9 Å². The third kappa shape index (κ3) is 5.78. The minimum atomic E-state index is -0.284. The number of thiophene rings is 1. The van der Waals surface area contributed by atoms with Gasteiger partial charge in [0.2, 0.25) is 0 Å². The summed E-state index contributed by atoms with van der Waals surface area (Å²) < 4.78 is 5.51. The van der Waals surface area contributed by atoms with Crippen LogP contribution in [0.1, 0.15) is 38.1 Å². The second-order valence-electron chi connectivity index (χ2n) is 8.20. The van der Waals surface area contributed by atoms with Gasteiger partial charge in [-0.25, -0.2) is 0 Å². The first-order chi connectivity index (χ1) is 16.4. The molecule has 1 fully saturated rings. The molecule has 1 saturated heterocycles. The zero-order valence-electron chi connectivity index (χ0n) is 19.3. The topological polar surface area (TPSA) is 61.9 Å². The van der Waals surface area contributed by atoms with Gasteiger partial charge in [0.1, 0.15) is 5.75 Å². The van der Waals surface area contributed by atoms with Gasteiger partial charge in [-0.3, -0.25) is 14.5 Å². The molecule has 0 unspecified atom stereocenters. The van der Waals surface area contributed by atoms with Crippen LogP contribution in [0.3, 0.4) is 0 Å². The van der Waals surface area contributed by atoms with Crippen molar-refractivity contribution < 1.29 is 14.3 Å². The highest BCUT2D eigenvalue weighted by molar-refractivity contribution is 7.18. The summed E-state index contributed by atoms with van der Waals surface area (Å²) in [6.07, 6.45) is 0. The number of nitrogens with zero attached hydrogens (tertiary/aromatic N) is 2. The van der Waals surface area contributed by atoms with Crippen LogP contribution in [0.4, 0.5) is 5.00 Å². The molecule has 2 heterocycles. The third-order valence-corrected chi connectivity index (χ3v) is 7.24. The molecule has 34 heavy (non-hydrogen) atoms. The van der Waals surface area contributed by atoms with Crippen LogP contribution in [-0.4, -0.2) is 54.4 Å². The van der Waals surface area contributed by atoms with Crippen LogP contribution in [0.25, 0.3) is 0 Å². The molecule has 178 valence electrons. The molecule has 0 aliphatic carbocycles. The van der Waals surface area contributed by atoms with Gasteiger partial charge in [-0.15, -0.1) is 11.3 Å². The zero-order chi connectivity index (χ0) is 24.1. The van der Waals surface area contributed by atoms with Crippen molar-refractivity contribution in [1.82, 2.24) is 9.80 Å². The van der Waals surface area contributed by atoms with Crippen LogP contribution in [-0.2, 0) is 6.54 Å². The molecule has 0 bridgehead atoms. The van der Waals surface area contributed by atoms with E-state index in [0.29, 0.717) is 40.2 Å². The molecule has 0 atom stereocenters. The maximum atomic E-state index is 13.2. The number of rotatable bonds is 7. The number of carbonyl (C=O) groups excluding carboxylic acids is 2. The maximum Gasteiger partial charge on any atom is 0.264 e. The van der Waals surface area contributed by atoms with Crippen molar-refractivity contribution in [2.45, 2.75) is 20.4 Å². The predicted octanol–water partition coefficient (Wildman–Crippen LogP) is 5.32. The highest BCUT2D eigenvalue weighted by Gasteiger charge is 2.25. The standard InChI is InChI=1S/C26H28ClN3O3S/c1-3-33-20-10-8-19(9-11-20)17-29-12-14-30(15-13-29)26(32)24-18(2)16-23(34-24)28-25(31)21-6-4-5-7-22(21)27/h4-11,16H,3,12-15,17H2,1-2H3,(H,28,31). The number of anilines is 1. The minimum absolute atomic E-state index is 0.0152. The largest absolute Gasteiger partial charge is 0.494 e. The van der Waals surface area contributed by atoms with Crippen molar-refractivity contribution in [3.05, 3.63) is 81.2 Å². The van der Waals surface area contributed by atoms with E-state index in [9.17, 15) is 9.59 Å². The molecule has 8 heteroatoms. The van der Waals surface area contributed by atoms with Crippen molar-refractivity contribution in [2.75, 3.05) is 38.1 Å². The summed E-state index contributed by atoms with van der Waals surface area (Å²) >= 11 is 7.44. The van der Waals surface area contributed by atoms with Gasteiger partial charge in [0, 0.05) is 32.7 Å². The molecule has 1 aliphatic rings. The smallest absolute Gasteiger partial charge is 0.264 e. The molecule has 6 nitrogen and oxygen atoms in total. The molecule has 0 radical (unpaired) electrons. The Hall–Kier alpha value is -2.87. The summed E-state index contributed by atoms with van der Waals surface area (Å²) in [5.41, 5.74) is 2.50. The molecule has 3 aromatic rings. The lowest BCUT2D eigenvalue weighted by Crippen LogP contribution is -2.48. The van der Waals surface area contributed by atoms with Crippen LogP contribution in [0.15, 0.2) is 54.6 Å². The fourth-order valence-corrected chi connectivity index (χ4v) is 5.21. The van der Waals surface area contributed by atoms with Crippen molar-refractivity contribution in [3.8, 4) is 5.75 Å². The maximum absolute atomic E-state index is 13.2. The monoisotopic (exact) mass is 497 g/mol. The van der Waals surface area contributed by atoms with Gasteiger partial charge in [0.15, 0.2) is 0 Å². The number of carbonyl (C=O) groups is 2. The quantitative estimate of drug-likeness (QED) is 0.480. The zero-order valence-corrected chi connectivity index (χ0v) is 20.9. The second-order valence-corrected chi connectivity index (χ2v) is 9.66. The van der Waals surface area contributed by atoms with E-state index in [-0.39, 0.29) is 11.8 Å². The number of nitrogens with one attached hydrogen (secondary N) is 1. The molecule has 2 amide bonds. The fraction of sp³-hybridized carbons (Fsp3) is 0.308. The highest BCUT2D eigenvalue weighted by atomic mass is 35.5. The van der Waals surface area contributed by atoms with Gasteiger partial charge in [-0.1, -0.05) is 35.9 Å². The van der Waals surface area contributed by atoms with E-state index in [1.807, 2.05) is 36.9 Å². The van der Waals surface area contributed by atoms with E-state index in [1.165, 1.54) is 16.9 Å². The lowest BCUT2D eigenvalue weighted by molar-refractivity contribution is 0.0632. The summed E-state index contributed by atoms with van der Waals surface area (Å²) in [6.45, 7) is 8.38. The molecule has 1 aliphatic heterocycles. The van der Waals surface area contributed by atoms with Gasteiger partial charge >= 0.3 is 0 Å². The molecule has 0 saturated carbocycles. The van der Waals surface area contributed by atoms with E-state index in [4.69, 9.17) is 16.3 Å². The van der Waals surface area contributed by atoms with Gasteiger partial charge < -0.3 is 15.0 Å². The van der Waals surface area contributed by atoms with Crippen LogP contribution in [0.2, 0.25) is 5.02 Å². The molecule has 4 rings (SSSR count). The summed E-state index contributed by atoms with van der Waals surface area (Å²) in [7, 11) is 0. The number of benzene rings is 2. The van der Waals surface area contributed by atoms with Crippen LogP contribution in [0, 0.1) is 6.92 Å². The van der Waals surface area contributed by atoms with Crippen LogP contribution in [0.5, 0.6) is 5.75 Å². The number of hydrogen-bond donors (Lipinski definition) is 1. The molecular weight excluding hydrogens is 470 g/mol. The van der Waals surface area contributed by atoms with Crippen molar-refractivity contribution in [1.29, 1.82) is 0 Å². The number of amides is 2. The third-order valence-electron chi connectivity index (χ3n) is 5.77. The number of piperazine rings is 1. The Morgan fingerprint density at radius 3 is 2.44 bits per heavy atom. The lowest BCUT2D eigenvalue weighted by Gasteiger charge is -2.34. The summed E-state index contributed by atoms with van der Waals surface area (Å²) in [5.74, 6) is 0.616. The van der Waals surface area contributed by atoms with Crippen LogP contribution >= 0.6 is 22.9 Å². The van der Waals surface area contributed by atoms with Gasteiger partial charge in [-0.2, -0.15) is 0 Å². The average molecular weight is 498 g/mol. The van der Waals surface area contributed by atoms with Crippen molar-refractivity contribution in [2.24, 2.45) is 0 Å². The number of ether oxygens (including phenoxy) is 1.